The highest BCUT2D eigenvalue weighted by Gasteiger charge is 2.29. The molecule has 1 atom stereocenters. The number of rotatable bonds is 9. The highest BCUT2D eigenvalue weighted by molar-refractivity contribution is 6.30. The van der Waals surface area contributed by atoms with Crippen LogP contribution in [-0.4, -0.2) is 68.8 Å². The first-order valence-corrected chi connectivity index (χ1v) is 13.6. The number of carboxylic acid groups (broad SMARTS) is 1. The predicted octanol–water partition coefficient (Wildman–Crippen LogP) is 4.14. The number of piperazine rings is 1. The van der Waals surface area contributed by atoms with E-state index in [1.165, 1.54) is 6.07 Å². The van der Waals surface area contributed by atoms with E-state index >= 15 is 0 Å². The maximum absolute atomic E-state index is 14.1. The summed E-state index contributed by atoms with van der Waals surface area (Å²) >= 11 is 5.82. The van der Waals surface area contributed by atoms with Crippen LogP contribution in [0.25, 0.3) is 11.0 Å². The quantitative estimate of drug-likeness (QED) is 0.315. The molecule has 2 fully saturated rings. The van der Waals surface area contributed by atoms with Crippen LogP contribution in [0.5, 0.6) is 5.88 Å². The lowest BCUT2D eigenvalue weighted by Crippen LogP contribution is -2.50. The van der Waals surface area contributed by atoms with Gasteiger partial charge in [0.25, 0.3) is 0 Å². The molecule has 4 aromatic rings. The molecule has 2 aliphatic heterocycles. The number of aromatic nitrogens is 3. The maximum atomic E-state index is 14.1. The van der Waals surface area contributed by atoms with Gasteiger partial charge in [-0.05, 0) is 42.8 Å². The summed E-state index contributed by atoms with van der Waals surface area (Å²) in [6, 6.07) is 14.4. The van der Waals surface area contributed by atoms with Crippen molar-refractivity contribution in [2.24, 2.45) is 0 Å². The predicted molar refractivity (Wildman–Crippen MR) is 149 cm³/mol. The number of hydrogen-bond donors (Lipinski definition) is 1. The molecule has 2 aliphatic rings. The zero-order chi connectivity index (χ0) is 28.5. The van der Waals surface area contributed by atoms with Crippen molar-refractivity contribution in [2.45, 2.75) is 32.2 Å². The Morgan fingerprint density at radius 3 is 2.73 bits per heavy atom. The number of carbonyl (C=O) groups is 2. The summed E-state index contributed by atoms with van der Waals surface area (Å²) in [5.41, 5.74) is 1.98. The molecule has 2 aromatic heterocycles. The summed E-state index contributed by atoms with van der Waals surface area (Å²) in [5, 5.41) is 9.78. The largest absolute Gasteiger partial charge is 0.478 e. The zero-order valence-electron chi connectivity index (χ0n) is 22.0. The van der Waals surface area contributed by atoms with Crippen LogP contribution in [0.3, 0.4) is 0 Å². The van der Waals surface area contributed by atoms with Crippen LogP contribution in [0.1, 0.15) is 28.2 Å². The Labute approximate surface area is 239 Å². The Balaban J connectivity index is 1.14. The number of benzene rings is 2. The van der Waals surface area contributed by atoms with Gasteiger partial charge >= 0.3 is 5.97 Å². The van der Waals surface area contributed by atoms with E-state index < -0.39 is 11.8 Å². The number of imidazole rings is 1. The van der Waals surface area contributed by atoms with Crippen molar-refractivity contribution in [3.05, 3.63) is 82.4 Å². The molecule has 0 saturated carbocycles. The van der Waals surface area contributed by atoms with E-state index in [4.69, 9.17) is 26.1 Å². The number of anilines is 1. The first kappa shape index (κ1) is 27.1. The van der Waals surface area contributed by atoms with Gasteiger partial charge in [0.05, 0.1) is 42.3 Å². The molecule has 0 aliphatic carbocycles. The average Bonchev–Trinajstić information content (AvgIpc) is 3.26. The minimum absolute atomic E-state index is 0.0258. The van der Waals surface area contributed by atoms with Gasteiger partial charge in [-0.15, -0.1) is 0 Å². The van der Waals surface area contributed by atoms with Crippen molar-refractivity contribution in [2.75, 3.05) is 31.1 Å². The summed E-state index contributed by atoms with van der Waals surface area (Å²) < 4.78 is 27.4. The number of hydrogen-bond acceptors (Lipinski definition) is 7. The monoisotopic (exact) mass is 579 g/mol. The summed E-state index contributed by atoms with van der Waals surface area (Å²) in [5.74, 6) is -0.0943. The molecule has 6 rings (SSSR count). The van der Waals surface area contributed by atoms with Gasteiger partial charge in [0, 0.05) is 36.3 Å². The third kappa shape index (κ3) is 5.88. The maximum Gasteiger partial charge on any atom is 0.335 e. The molecule has 1 amide bonds. The lowest BCUT2D eigenvalue weighted by molar-refractivity contribution is -0.121. The Bertz CT molecular complexity index is 1620. The molecule has 0 spiro atoms. The van der Waals surface area contributed by atoms with Gasteiger partial charge in [0.1, 0.15) is 24.1 Å². The van der Waals surface area contributed by atoms with Gasteiger partial charge in [0.2, 0.25) is 11.8 Å². The molecule has 2 aromatic carbocycles. The molecule has 0 radical (unpaired) electrons. The highest BCUT2D eigenvalue weighted by Crippen LogP contribution is 2.25. The Hall–Kier alpha value is -4.06. The summed E-state index contributed by atoms with van der Waals surface area (Å²) in [7, 11) is 0. The van der Waals surface area contributed by atoms with Crippen LogP contribution in [0.2, 0.25) is 5.02 Å². The molecule has 1 N–H and O–H groups in total. The average molecular weight is 580 g/mol. The summed E-state index contributed by atoms with van der Waals surface area (Å²) in [4.78, 5) is 37.6. The molecule has 0 unspecified atom stereocenters. The molecule has 10 nitrogen and oxygen atoms in total. The molecule has 2 saturated heterocycles. The number of aromatic carboxylic acids is 1. The first-order valence-electron chi connectivity index (χ1n) is 13.2. The van der Waals surface area contributed by atoms with Crippen LogP contribution in [0.4, 0.5) is 10.2 Å². The highest BCUT2D eigenvalue weighted by atomic mass is 35.5. The van der Waals surface area contributed by atoms with Gasteiger partial charge < -0.3 is 19.1 Å². The van der Waals surface area contributed by atoms with Crippen molar-refractivity contribution < 1.29 is 28.6 Å². The number of carbonyl (C=O) groups excluding carboxylic acids is 1. The van der Waals surface area contributed by atoms with Crippen LogP contribution >= 0.6 is 11.6 Å². The van der Waals surface area contributed by atoms with Gasteiger partial charge in [-0.3, -0.25) is 14.6 Å². The Morgan fingerprint density at radius 2 is 2.00 bits per heavy atom. The number of nitrogens with zero attached hydrogens (tertiary/aromatic N) is 5. The van der Waals surface area contributed by atoms with E-state index in [1.54, 1.807) is 53.4 Å². The van der Waals surface area contributed by atoms with E-state index in [-0.39, 0.29) is 36.6 Å². The third-order valence-corrected chi connectivity index (χ3v) is 7.53. The topological polar surface area (TPSA) is 110 Å². The molecule has 41 heavy (non-hydrogen) atoms. The smallest absolute Gasteiger partial charge is 0.335 e. The first-order chi connectivity index (χ1) is 19.8. The van der Waals surface area contributed by atoms with Gasteiger partial charge in [-0.2, -0.15) is 4.98 Å². The van der Waals surface area contributed by atoms with Crippen molar-refractivity contribution >= 4 is 40.3 Å². The molecular weight excluding hydrogens is 553 g/mol. The number of halogens is 2. The number of carboxylic acids is 1. The number of fused-ring (bicyclic) bond motifs is 1. The lowest BCUT2D eigenvalue weighted by atomic mass is 10.1. The Morgan fingerprint density at radius 1 is 1.15 bits per heavy atom. The number of pyridine rings is 1. The standard InChI is InChI=1S/C29H27ClFN5O5/c30-20-6-4-19(22(31)13-20)17-41-27-3-1-2-25(33-27)35-10-9-34(16-28(35)37)15-26-32-23-7-5-18(29(38)39)12-24(23)36(26)14-21-8-11-40-21/h1-7,12-13,21H,8-11,14-17H2,(H,38,39)/t21-/m0/s1. The summed E-state index contributed by atoms with van der Waals surface area (Å²) in [6.07, 6.45) is 0.981. The van der Waals surface area contributed by atoms with Crippen LogP contribution < -0.4 is 9.64 Å². The van der Waals surface area contributed by atoms with E-state index in [0.29, 0.717) is 54.7 Å². The third-order valence-electron chi connectivity index (χ3n) is 7.29. The fraction of sp³-hybridized carbons (Fsp3) is 0.310. The van der Waals surface area contributed by atoms with Crippen LogP contribution in [0, 0.1) is 5.82 Å². The van der Waals surface area contributed by atoms with E-state index in [1.807, 2.05) is 9.47 Å². The number of amides is 1. The number of ether oxygens (including phenoxy) is 2. The van der Waals surface area contributed by atoms with Crippen molar-refractivity contribution in [3.8, 4) is 5.88 Å². The summed E-state index contributed by atoms with van der Waals surface area (Å²) in [6.45, 7) is 2.83. The van der Waals surface area contributed by atoms with Crippen molar-refractivity contribution in [1.29, 1.82) is 0 Å². The van der Waals surface area contributed by atoms with Gasteiger partial charge in [-0.25, -0.2) is 14.2 Å². The minimum atomic E-state index is -0.997. The fourth-order valence-electron chi connectivity index (χ4n) is 4.99. The SMILES string of the molecule is O=C(O)c1ccc2nc(CN3CCN(c4cccc(OCc5ccc(Cl)cc5F)n4)C(=O)C3)n(C[C@@H]3CCO3)c2c1. The van der Waals surface area contributed by atoms with Crippen LogP contribution in [0.15, 0.2) is 54.6 Å². The van der Waals surface area contributed by atoms with Crippen molar-refractivity contribution in [3.63, 3.8) is 0 Å². The Kier molecular flexibility index (Phi) is 7.57. The van der Waals surface area contributed by atoms with E-state index in [9.17, 15) is 19.1 Å². The normalized spacial score (nSPS) is 17.6. The van der Waals surface area contributed by atoms with Gasteiger partial charge in [-0.1, -0.05) is 23.7 Å². The molecule has 212 valence electrons. The molecule has 12 heteroatoms. The second kappa shape index (κ2) is 11.4. The second-order valence-corrected chi connectivity index (χ2v) is 10.5. The van der Waals surface area contributed by atoms with E-state index in [0.717, 1.165) is 17.8 Å². The lowest BCUT2D eigenvalue weighted by Gasteiger charge is -2.34. The second-order valence-electron chi connectivity index (χ2n) is 10.0. The minimum Gasteiger partial charge on any atom is -0.478 e. The molecule has 0 bridgehead atoms. The van der Waals surface area contributed by atoms with Crippen molar-refractivity contribution in [1.82, 2.24) is 19.4 Å². The zero-order valence-corrected chi connectivity index (χ0v) is 22.8. The van der Waals surface area contributed by atoms with Gasteiger partial charge in [0.15, 0.2) is 0 Å². The molecular formula is C29H27ClFN5O5. The molecule has 4 heterocycles. The van der Waals surface area contributed by atoms with E-state index in [2.05, 4.69) is 4.98 Å². The van der Waals surface area contributed by atoms with Crippen LogP contribution in [-0.2, 0) is 29.2 Å². The fourth-order valence-corrected chi connectivity index (χ4v) is 5.15.